The maximum absolute atomic E-state index is 12.6. The molecule has 1 saturated heterocycles. The molecule has 0 spiro atoms. The number of hydrogen-bond acceptors (Lipinski definition) is 2. The first-order valence-electron chi connectivity index (χ1n) is 7.28. The summed E-state index contributed by atoms with van der Waals surface area (Å²) < 4.78 is 1.05. The van der Waals surface area contributed by atoms with E-state index in [4.69, 9.17) is 0 Å². The van der Waals surface area contributed by atoms with Crippen molar-refractivity contribution >= 4 is 21.8 Å². The van der Waals surface area contributed by atoms with Crippen LogP contribution in [0.1, 0.15) is 35.7 Å². The minimum atomic E-state index is 0.135. The number of amides is 1. The Bertz CT molecular complexity index is 481. The van der Waals surface area contributed by atoms with Crippen LogP contribution in [0.2, 0.25) is 0 Å². The third-order valence-electron chi connectivity index (χ3n) is 4.28. The Morgan fingerprint density at radius 3 is 2.60 bits per heavy atom. The molecule has 0 bridgehead atoms. The van der Waals surface area contributed by atoms with E-state index in [1.54, 1.807) is 0 Å². The van der Waals surface area contributed by atoms with Crippen LogP contribution < -0.4 is 0 Å². The standard InChI is InChI=1S/C16H23BrN2O/c1-4-19-9-7-14(8-10-19)18(3)16(20)13-5-6-15(17)12(2)11-13/h5-6,11,14H,4,7-10H2,1-3H3. The SMILES string of the molecule is CCN1CCC(N(C)C(=O)c2ccc(Br)c(C)c2)CC1. The molecule has 1 amide bonds. The number of carbonyl (C=O) groups excluding carboxylic acids is 1. The Balaban J connectivity index is 2.03. The van der Waals surface area contributed by atoms with E-state index in [2.05, 4.69) is 27.8 Å². The fourth-order valence-electron chi connectivity index (χ4n) is 2.77. The van der Waals surface area contributed by atoms with Gasteiger partial charge in [0.15, 0.2) is 0 Å². The Kier molecular flexibility index (Phi) is 5.22. The van der Waals surface area contributed by atoms with Crippen molar-refractivity contribution in [3.05, 3.63) is 33.8 Å². The minimum absolute atomic E-state index is 0.135. The molecule has 0 saturated carbocycles. The van der Waals surface area contributed by atoms with E-state index < -0.39 is 0 Å². The summed E-state index contributed by atoms with van der Waals surface area (Å²) in [6.45, 7) is 7.51. The van der Waals surface area contributed by atoms with Crippen molar-refractivity contribution in [2.24, 2.45) is 0 Å². The summed E-state index contributed by atoms with van der Waals surface area (Å²) in [6, 6.07) is 6.19. The van der Waals surface area contributed by atoms with Crippen molar-refractivity contribution in [1.29, 1.82) is 0 Å². The van der Waals surface area contributed by atoms with Gasteiger partial charge in [-0.25, -0.2) is 0 Å². The van der Waals surface area contributed by atoms with Crippen molar-refractivity contribution in [1.82, 2.24) is 9.80 Å². The van der Waals surface area contributed by atoms with Gasteiger partial charge in [0.2, 0.25) is 0 Å². The summed E-state index contributed by atoms with van der Waals surface area (Å²) in [4.78, 5) is 16.9. The lowest BCUT2D eigenvalue weighted by molar-refractivity contribution is 0.0646. The van der Waals surface area contributed by atoms with Crippen LogP contribution in [0.15, 0.2) is 22.7 Å². The molecule has 1 fully saturated rings. The van der Waals surface area contributed by atoms with Crippen LogP contribution >= 0.6 is 15.9 Å². The molecule has 0 unspecified atom stereocenters. The molecule has 4 heteroatoms. The molecular weight excluding hydrogens is 316 g/mol. The molecule has 110 valence electrons. The van der Waals surface area contributed by atoms with Crippen molar-refractivity contribution in [3.63, 3.8) is 0 Å². The predicted octanol–water partition coefficient (Wildman–Crippen LogP) is 3.31. The molecule has 0 radical (unpaired) electrons. The van der Waals surface area contributed by atoms with Crippen LogP contribution in [0.3, 0.4) is 0 Å². The summed E-state index contributed by atoms with van der Waals surface area (Å²) >= 11 is 3.48. The normalized spacial score (nSPS) is 17.2. The van der Waals surface area contributed by atoms with Gasteiger partial charge in [0, 0.05) is 36.2 Å². The first-order chi connectivity index (χ1) is 9.52. The highest BCUT2D eigenvalue weighted by atomic mass is 79.9. The van der Waals surface area contributed by atoms with Gasteiger partial charge < -0.3 is 9.80 Å². The van der Waals surface area contributed by atoms with E-state index >= 15 is 0 Å². The van der Waals surface area contributed by atoms with Crippen LogP contribution in [-0.2, 0) is 0 Å². The molecule has 20 heavy (non-hydrogen) atoms. The molecule has 0 atom stereocenters. The highest BCUT2D eigenvalue weighted by Gasteiger charge is 2.25. The minimum Gasteiger partial charge on any atom is -0.339 e. The third kappa shape index (κ3) is 3.41. The Labute approximate surface area is 130 Å². The molecular formula is C16H23BrN2O. The number of halogens is 1. The zero-order chi connectivity index (χ0) is 14.7. The fraction of sp³-hybridized carbons (Fsp3) is 0.562. The molecule has 1 aliphatic heterocycles. The van der Waals surface area contributed by atoms with Gasteiger partial charge >= 0.3 is 0 Å². The quantitative estimate of drug-likeness (QED) is 0.844. The predicted molar refractivity (Wildman–Crippen MR) is 86.1 cm³/mol. The van der Waals surface area contributed by atoms with E-state index in [1.807, 2.05) is 37.1 Å². The lowest BCUT2D eigenvalue weighted by atomic mass is 10.0. The van der Waals surface area contributed by atoms with Gasteiger partial charge in [-0.2, -0.15) is 0 Å². The van der Waals surface area contributed by atoms with Gasteiger partial charge in [0.1, 0.15) is 0 Å². The Hall–Kier alpha value is -0.870. The van der Waals surface area contributed by atoms with Gasteiger partial charge in [0.25, 0.3) is 5.91 Å². The second kappa shape index (κ2) is 6.72. The maximum Gasteiger partial charge on any atom is 0.253 e. The van der Waals surface area contributed by atoms with Gasteiger partial charge in [-0.1, -0.05) is 22.9 Å². The van der Waals surface area contributed by atoms with Crippen molar-refractivity contribution in [2.45, 2.75) is 32.7 Å². The molecule has 0 aromatic heterocycles. The summed E-state index contributed by atoms with van der Waals surface area (Å²) in [6.07, 6.45) is 2.15. The lowest BCUT2D eigenvalue weighted by Crippen LogP contribution is -2.45. The number of likely N-dealkylation sites (tertiary alicyclic amines) is 1. The molecule has 1 heterocycles. The number of hydrogen-bond donors (Lipinski definition) is 0. The average molecular weight is 339 g/mol. The molecule has 1 aliphatic rings. The fourth-order valence-corrected chi connectivity index (χ4v) is 3.02. The summed E-state index contributed by atoms with van der Waals surface area (Å²) in [7, 11) is 1.94. The number of rotatable bonds is 3. The second-order valence-electron chi connectivity index (χ2n) is 5.55. The van der Waals surface area contributed by atoms with Crippen LogP contribution in [0, 0.1) is 6.92 Å². The van der Waals surface area contributed by atoms with Gasteiger partial charge in [-0.05, 0) is 50.1 Å². The van der Waals surface area contributed by atoms with E-state index in [0.29, 0.717) is 6.04 Å². The van der Waals surface area contributed by atoms with Crippen LogP contribution in [-0.4, -0.2) is 48.4 Å². The summed E-state index contributed by atoms with van der Waals surface area (Å²) in [5.41, 5.74) is 1.89. The first-order valence-corrected chi connectivity index (χ1v) is 8.08. The van der Waals surface area contributed by atoms with Crippen LogP contribution in [0.25, 0.3) is 0 Å². The largest absolute Gasteiger partial charge is 0.339 e. The highest BCUT2D eigenvalue weighted by molar-refractivity contribution is 9.10. The van der Waals surface area contributed by atoms with Gasteiger partial charge in [-0.15, -0.1) is 0 Å². The van der Waals surface area contributed by atoms with Gasteiger partial charge in [-0.3, -0.25) is 4.79 Å². The molecule has 1 aromatic carbocycles. The van der Waals surface area contributed by atoms with Crippen molar-refractivity contribution in [3.8, 4) is 0 Å². The van der Waals surface area contributed by atoms with E-state index in [1.165, 1.54) is 0 Å². The first kappa shape index (κ1) is 15.5. The zero-order valence-electron chi connectivity index (χ0n) is 12.5. The van der Waals surface area contributed by atoms with Crippen molar-refractivity contribution in [2.75, 3.05) is 26.7 Å². The average Bonchev–Trinajstić information content (AvgIpc) is 2.48. The van der Waals surface area contributed by atoms with E-state index in [0.717, 1.165) is 48.1 Å². The third-order valence-corrected chi connectivity index (χ3v) is 5.17. The topological polar surface area (TPSA) is 23.6 Å². The maximum atomic E-state index is 12.6. The van der Waals surface area contributed by atoms with Crippen LogP contribution in [0.5, 0.6) is 0 Å². The van der Waals surface area contributed by atoms with Crippen molar-refractivity contribution < 1.29 is 4.79 Å². The highest BCUT2D eigenvalue weighted by Crippen LogP contribution is 2.21. The molecule has 0 aliphatic carbocycles. The Morgan fingerprint density at radius 1 is 1.40 bits per heavy atom. The number of nitrogens with zero attached hydrogens (tertiary/aromatic N) is 2. The monoisotopic (exact) mass is 338 g/mol. The van der Waals surface area contributed by atoms with E-state index in [-0.39, 0.29) is 5.91 Å². The number of benzene rings is 1. The second-order valence-corrected chi connectivity index (χ2v) is 6.40. The molecule has 0 N–H and O–H groups in total. The zero-order valence-corrected chi connectivity index (χ0v) is 14.1. The lowest BCUT2D eigenvalue weighted by Gasteiger charge is -2.36. The smallest absolute Gasteiger partial charge is 0.253 e. The number of carbonyl (C=O) groups is 1. The van der Waals surface area contributed by atoms with E-state index in [9.17, 15) is 4.79 Å². The summed E-state index contributed by atoms with van der Waals surface area (Å²) in [5, 5.41) is 0. The molecule has 3 nitrogen and oxygen atoms in total. The molecule has 1 aromatic rings. The Morgan fingerprint density at radius 2 is 2.05 bits per heavy atom. The van der Waals surface area contributed by atoms with Crippen LogP contribution in [0.4, 0.5) is 0 Å². The number of aryl methyl sites for hydroxylation is 1. The molecule has 2 rings (SSSR count). The van der Waals surface area contributed by atoms with Gasteiger partial charge in [0.05, 0.1) is 0 Å². The summed E-state index contributed by atoms with van der Waals surface area (Å²) in [5.74, 6) is 0.135. The number of piperidine rings is 1.